The zero-order chi connectivity index (χ0) is 13.7. The summed E-state index contributed by atoms with van der Waals surface area (Å²) in [5.41, 5.74) is 11.8. The third-order valence-corrected chi connectivity index (χ3v) is 4.17. The smallest absolute Gasteiger partial charge is 0.330 e. The summed E-state index contributed by atoms with van der Waals surface area (Å²) in [4.78, 5) is 11.8. The van der Waals surface area contributed by atoms with Gasteiger partial charge < -0.3 is 16.2 Å². The molecule has 2 unspecified atom stereocenters. The Balaban J connectivity index is 1.75. The lowest BCUT2D eigenvalue weighted by atomic mass is 9.89. The number of ether oxygens (including phenoxy) is 1. The molecule has 0 aromatic heterocycles. The average molecular weight is 266 g/mol. The molecule has 2 aliphatic carbocycles. The third-order valence-electron chi connectivity index (χ3n) is 4.17. The Morgan fingerprint density at radius 3 is 2.26 bits per heavy atom. The number of carbonyl (C=O) groups is 1. The summed E-state index contributed by atoms with van der Waals surface area (Å²) in [5, 5.41) is 0. The van der Waals surface area contributed by atoms with Crippen LogP contribution in [0, 0.1) is 5.92 Å². The van der Waals surface area contributed by atoms with Crippen LogP contribution in [0.5, 0.6) is 0 Å². The third kappa shape index (κ3) is 4.96. The minimum absolute atomic E-state index is 0.0591. The maximum atomic E-state index is 11.8. The van der Waals surface area contributed by atoms with Crippen molar-refractivity contribution >= 4 is 5.97 Å². The lowest BCUT2D eigenvalue weighted by molar-refractivity contribution is -0.144. The van der Waals surface area contributed by atoms with Crippen LogP contribution in [0.1, 0.15) is 51.4 Å². The summed E-state index contributed by atoms with van der Waals surface area (Å²) < 4.78 is 5.44. The van der Waals surface area contributed by atoms with E-state index in [1.54, 1.807) is 6.08 Å². The molecule has 2 atom stereocenters. The Kier molecular flexibility index (Phi) is 5.40. The first-order valence-electron chi connectivity index (χ1n) is 7.53. The lowest BCUT2D eigenvalue weighted by Crippen LogP contribution is -2.43. The predicted molar refractivity (Wildman–Crippen MR) is 75.4 cm³/mol. The first-order chi connectivity index (χ1) is 9.13. The van der Waals surface area contributed by atoms with Crippen molar-refractivity contribution in [3.05, 3.63) is 12.2 Å². The zero-order valence-corrected chi connectivity index (χ0v) is 11.6. The van der Waals surface area contributed by atoms with E-state index in [2.05, 4.69) is 0 Å². The van der Waals surface area contributed by atoms with E-state index < -0.39 is 0 Å². The second-order valence-electron chi connectivity index (χ2n) is 6.04. The van der Waals surface area contributed by atoms with E-state index >= 15 is 0 Å². The van der Waals surface area contributed by atoms with Crippen molar-refractivity contribution in [2.75, 3.05) is 0 Å². The first kappa shape index (κ1) is 14.5. The van der Waals surface area contributed by atoms with Gasteiger partial charge >= 0.3 is 5.97 Å². The Bertz CT molecular complexity index is 314. The average Bonchev–Trinajstić information content (AvgIpc) is 2.36. The van der Waals surface area contributed by atoms with Crippen molar-refractivity contribution in [1.29, 1.82) is 0 Å². The van der Waals surface area contributed by atoms with E-state index in [1.165, 1.54) is 32.1 Å². The minimum Gasteiger partial charge on any atom is -0.459 e. The molecule has 2 aliphatic rings. The zero-order valence-electron chi connectivity index (χ0n) is 11.6. The molecule has 4 heteroatoms. The predicted octanol–water partition coefficient (Wildman–Crippen LogP) is 1.87. The molecular weight excluding hydrogens is 240 g/mol. The van der Waals surface area contributed by atoms with Gasteiger partial charge in [0.15, 0.2) is 0 Å². The highest BCUT2D eigenvalue weighted by Gasteiger charge is 2.26. The summed E-state index contributed by atoms with van der Waals surface area (Å²) in [5.74, 6) is 0.314. The summed E-state index contributed by atoms with van der Waals surface area (Å²) in [6.45, 7) is 0. The van der Waals surface area contributed by atoms with Crippen LogP contribution in [0.4, 0.5) is 0 Å². The molecule has 2 saturated carbocycles. The van der Waals surface area contributed by atoms with Crippen molar-refractivity contribution in [2.45, 2.75) is 69.6 Å². The fourth-order valence-electron chi connectivity index (χ4n) is 3.19. The number of allylic oxidation sites excluding steroid dienone is 1. The molecule has 108 valence electrons. The van der Waals surface area contributed by atoms with E-state index in [9.17, 15) is 4.79 Å². The number of nitrogens with two attached hydrogens (primary N) is 2. The second kappa shape index (κ2) is 7.06. The van der Waals surface area contributed by atoms with E-state index in [-0.39, 0.29) is 24.2 Å². The quantitative estimate of drug-likeness (QED) is 0.604. The number of esters is 1. The maximum Gasteiger partial charge on any atom is 0.330 e. The Hall–Kier alpha value is -0.870. The van der Waals surface area contributed by atoms with Gasteiger partial charge in [-0.15, -0.1) is 0 Å². The van der Waals surface area contributed by atoms with Crippen molar-refractivity contribution in [3.63, 3.8) is 0 Å². The maximum absolute atomic E-state index is 11.8. The van der Waals surface area contributed by atoms with Gasteiger partial charge in [-0.2, -0.15) is 0 Å². The van der Waals surface area contributed by atoms with E-state index in [1.807, 2.05) is 6.08 Å². The second-order valence-corrected chi connectivity index (χ2v) is 6.04. The van der Waals surface area contributed by atoms with Gasteiger partial charge in [-0.25, -0.2) is 4.79 Å². The van der Waals surface area contributed by atoms with Gasteiger partial charge in [0, 0.05) is 18.2 Å². The molecule has 0 aromatic rings. The van der Waals surface area contributed by atoms with Crippen LogP contribution in [0.3, 0.4) is 0 Å². The summed E-state index contributed by atoms with van der Waals surface area (Å²) in [6, 6.07) is 0.118. The molecule has 0 aliphatic heterocycles. The molecule has 4 nitrogen and oxygen atoms in total. The van der Waals surface area contributed by atoms with Gasteiger partial charge in [-0.05, 0) is 38.0 Å². The topological polar surface area (TPSA) is 78.3 Å². The van der Waals surface area contributed by atoms with Crippen LogP contribution in [0.25, 0.3) is 0 Å². The van der Waals surface area contributed by atoms with Gasteiger partial charge in [0.1, 0.15) is 6.10 Å². The van der Waals surface area contributed by atoms with Crippen LogP contribution in [-0.4, -0.2) is 24.2 Å². The van der Waals surface area contributed by atoms with Crippen LogP contribution < -0.4 is 11.5 Å². The van der Waals surface area contributed by atoms with Crippen LogP contribution in [0.2, 0.25) is 0 Å². The van der Waals surface area contributed by atoms with E-state index in [0.717, 1.165) is 19.3 Å². The van der Waals surface area contributed by atoms with Crippen molar-refractivity contribution in [3.8, 4) is 0 Å². The van der Waals surface area contributed by atoms with Crippen molar-refractivity contribution in [1.82, 2.24) is 0 Å². The summed E-state index contributed by atoms with van der Waals surface area (Å²) >= 11 is 0. The van der Waals surface area contributed by atoms with Gasteiger partial charge in [-0.3, -0.25) is 0 Å². The van der Waals surface area contributed by atoms with E-state index in [4.69, 9.17) is 16.2 Å². The van der Waals surface area contributed by atoms with Crippen LogP contribution in [-0.2, 0) is 9.53 Å². The lowest BCUT2D eigenvalue weighted by Gasteiger charge is -2.30. The van der Waals surface area contributed by atoms with Crippen molar-refractivity contribution in [2.24, 2.45) is 17.4 Å². The van der Waals surface area contributed by atoms with Gasteiger partial charge in [0.05, 0.1) is 0 Å². The molecule has 4 N–H and O–H groups in total. The Labute approximate surface area is 115 Å². The molecule has 2 rings (SSSR count). The summed E-state index contributed by atoms with van der Waals surface area (Å²) in [6.07, 6.45) is 12.1. The number of carbonyl (C=O) groups excluding carboxylic acids is 1. The molecule has 0 bridgehead atoms. The van der Waals surface area contributed by atoms with E-state index in [0.29, 0.717) is 5.92 Å². The Morgan fingerprint density at radius 1 is 1.00 bits per heavy atom. The highest BCUT2D eigenvalue weighted by molar-refractivity contribution is 5.82. The van der Waals surface area contributed by atoms with Crippen LogP contribution >= 0.6 is 0 Å². The van der Waals surface area contributed by atoms with Gasteiger partial charge in [0.25, 0.3) is 0 Å². The molecular formula is C15H26N2O2. The largest absolute Gasteiger partial charge is 0.459 e. The monoisotopic (exact) mass is 266 g/mol. The highest BCUT2D eigenvalue weighted by Crippen LogP contribution is 2.25. The first-order valence-corrected chi connectivity index (χ1v) is 7.53. The highest BCUT2D eigenvalue weighted by atomic mass is 16.5. The molecule has 19 heavy (non-hydrogen) atoms. The van der Waals surface area contributed by atoms with Crippen molar-refractivity contribution < 1.29 is 9.53 Å². The number of hydrogen-bond donors (Lipinski definition) is 2. The van der Waals surface area contributed by atoms with Crippen LogP contribution in [0.15, 0.2) is 12.2 Å². The molecule has 2 fully saturated rings. The molecule has 0 aromatic carbocycles. The normalized spacial score (nSPS) is 33.5. The number of rotatable bonds is 3. The van der Waals surface area contributed by atoms with Gasteiger partial charge in [0.2, 0.25) is 0 Å². The SMILES string of the molecule is NC1CC(N)CC(OC(=O)/C=C/C2CCCCC2)C1. The standard InChI is InChI=1S/C15H26N2O2/c16-12-8-13(17)10-14(9-12)19-15(18)7-6-11-4-2-1-3-5-11/h6-7,11-14H,1-5,8-10,16-17H2/b7-6+. The fraction of sp³-hybridized carbons (Fsp3) is 0.800. The minimum atomic E-state index is -0.239. The Morgan fingerprint density at radius 2 is 1.63 bits per heavy atom. The summed E-state index contributed by atoms with van der Waals surface area (Å²) in [7, 11) is 0. The molecule has 0 radical (unpaired) electrons. The number of hydrogen-bond acceptors (Lipinski definition) is 4. The molecule has 0 saturated heterocycles. The molecule has 0 heterocycles. The molecule has 0 amide bonds. The molecule has 0 spiro atoms. The fourth-order valence-corrected chi connectivity index (χ4v) is 3.19. The van der Waals surface area contributed by atoms with Gasteiger partial charge in [-0.1, -0.05) is 25.3 Å².